The molecule has 0 fully saturated rings. The van der Waals surface area contributed by atoms with Gasteiger partial charge >= 0.3 is 0 Å². The van der Waals surface area contributed by atoms with E-state index in [0.29, 0.717) is 38.6 Å². The number of rotatable bonds is 14. The number of phenols is 3. The molecule has 0 spiro atoms. The molecule has 0 aromatic heterocycles. The Morgan fingerprint density at radius 3 is 1.53 bits per heavy atom. The number of hydrogen-bond donors (Lipinski definition) is 3. The van der Waals surface area contributed by atoms with Gasteiger partial charge in [0.05, 0.1) is 19.8 Å². The first kappa shape index (κ1) is 36.0. The highest BCUT2D eigenvalue weighted by Gasteiger charge is 2.35. The minimum atomic E-state index is -0.676. The van der Waals surface area contributed by atoms with Crippen LogP contribution in [0.25, 0.3) is 0 Å². The monoisotopic (exact) mass is 640 g/mol. The first-order valence-electron chi connectivity index (χ1n) is 16.5. The molecule has 4 aromatic carbocycles. The summed E-state index contributed by atoms with van der Waals surface area (Å²) >= 11 is 0. The molecule has 4 rings (SSSR count). The van der Waals surface area contributed by atoms with Crippen molar-refractivity contribution in [1.29, 1.82) is 0 Å². The van der Waals surface area contributed by atoms with Crippen molar-refractivity contribution >= 4 is 0 Å². The average molecular weight is 641 g/mol. The summed E-state index contributed by atoms with van der Waals surface area (Å²) in [7, 11) is 1.66. The van der Waals surface area contributed by atoms with Gasteiger partial charge in [-0.15, -0.1) is 0 Å². The first-order valence-corrected chi connectivity index (χ1v) is 16.5. The van der Waals surface area contributed by atoms with Gasteiger partial charge in [-0.25, -0.2) is 0 Å². The van der Waals surface area contributed by atoms with Crippen LogP contribution in [0.3, 0.4) is 0 Å². The Morgan fingerprint density at radius 1 is 0.553 bits per heavy atom. The van der Waals surface area contributed by atoms with Gasteiger partial charge in [0, 0.05) is 42.3 Å². The summed E-state index contributed by atoms with van der Waals surface area (Å²) in [6, 6.07) is 21.1. The van der Waals surface area contributed by atoms with Crippen LogP contribution in [-0.4, -0.2) is 42.3 Å². The first-order chi connectivity index (χ1) is 22.3. The van der Waals surface area contributed by atoms with Crippen LogP contribution in [0.1, 0.15) is 95.8 Å². The Labute approximate surface area is 281 Å². The van der Waals surface area contributed by atoms with E-state index in [4.69, 9.17) is 14.2 Å². The predicted molar refractivity (Wildman–Crippen MR) is 189 cm³/mol. The zero-order valence-electron chi connectivity index (χ0n) is 29.6. The highest BCUT2D eigenvalue weighted by Crippen LogP contribution is 2.45. The van der Waals surface area contributed by atoms with E-state index in [9.17, 15) is 15.3 Å². The van der Waals surface area contributed by atoms with Crippen LogP contribution >= 0.6 is 0 Å². The summed E-state index contributed by atoms with van der Waals surface area (Å²) < 4.78 is 17.0. The third kappa shape index (κ3) is 7.35. The normalized spacial score (nSPS) is 13.1. The lowest BCUT2D eigenvalue weighted by Crippen LogP contribution is -2.27. The smallest absolute Gasteiger partial charge is 0.124 e. The van der Waals surface area contributed by atoms with E-state index in [1.54, 1.807) is 7.11 Å². The zero-order valence-corrected chi connectivity index (χ0v) is 29.6. The second kappa shape index (κ2) is 14.9. The van der Waals surface area contributed by atoms with Gasteiger partial charge in [0.2, 0.25) is 0 Å². The molecule has 0 aliphatic heterocycles. The summed E-state index contributed by atoms with van der Waals surface area (Å²) in [6.45, 7) is 18.4. The highest BCUT2D eigenvalue weighted by molar-refractivity contribution is 5.58. The van der Waals surface area contributed by atoms with Crippen LogP contribution in [-0.2, 0) is 44.7 Å². The summed E-state index contributed by atoms with van der Waals surface area (Å²) in [5, 5.41) is 32.7. The molecule has 0 saturated carbocycles. The topological polar surface area (TPSA) is 88.4 Å². The lowest BCUT2D eigenvalue weighted by molar-refractivity contribution is 0.132. The maximum Gasteiger partial charge on any atom is 0.124 e. The summed E-state index contributed by atoms with van der Waals surface area (Å²) in [5.41, 5.74) is 9.12. The van der Waals surface area contributed by atoms with Crippen molar-refractivity contribution in [3.8, 4) is 17.2 Å². The number of methoxy groups -OCH3 is 1. The summed E-state index contributed by atoms with van der Waals surface area (Å²) in [4.78, 5) is 0. The lowest BCUT2D eigenvalue weighted by Gasteiger charge is -2.35. The Kier molecular flexibility index (Phi) is 11.4. The van der Waals surface area contributed by atoms with Gasteiger partial charge in [0.25, 0.3) is 0 Å². The molecule has 0 amide bonds. The molecule has 0 bridgehead atoms. The largest absolute Gasteiger partial charge is 0.507 e. The summed E-state index contributed by atoms with van der Waals surface area (Å²) in [6.07, 6.45) is 0.550. The molecule has 0 aliphatic rings. The molecule has 3 N–H and O–H groups in total. The predicted octanol–water partition coefficient (Wildman–Crippen LogP) is 8.67. The zero-order chi connectivity index (χ0) is 34.5. The third-order valence-electron chi connectivity index (χ3n) is 9.70. The van der Waals surface area contributed by atoms with E-state index in [1.807, 2.05) is 46.8 Å². The number of benzene rings is 4. The van der Waals surface area contributed by atoms with Crippen LogP contribution in [0.2, 0.25) is 0 Å². The van der Waals surface area contributed by atoms with E-state index in [-0.39, 0.29) is 23.5 Å². The molecule has 0 radical (unpaired) electrons. The van der Waals surface area contributed by atoms with Crippen LogP contribution in [0.4, 0.5) is 0 Å². The van der Waals surface area contributed by atoms with Gasteiger partial charge in [-0.1, -0.05) is 62.4 Å². The standard InChI is InChI=1S/C41H52O6/c1-10-46-24-30-22-35(20-28(5)38(30)43)41(8,36-21-29(16-17-45-9)39(44)31(23-36)25-47-11-2)33-14-12-32(13-15-33)40(6,7)34-18-26(3)37(42)27(4)19-34/h12-15,18-23,42-44H,10-11,16-17,24-25H2,1-9H3. The number of hydrogen-bond acceptors (Lipinski definition) is 6. The Hall–Kier alpha value is -3.84. The molecule has 6 heteroatoms. The number of ether oxygens (including phenoxy) is 3. The fourth-order valence-electron chi connectivity index (χ4n) is 6.44. The number of aromatic hydroxyl groups is 3. The van der Waals surface area contributed by atoms with Crippen LogP contribution in [0.5, 0.6) is 17.2 Å². The van der Waals surface area contributed by atoms with Crippen LogP contribution < -0.4 is 0 Å². The van der Waals surface area contributed by atoms with Gasteiger partial charge < -0.3 is 29.5 Å². The van der Waals surface area contributed by atoms with E-state index < -0.39 is 5.41 Å². The highest BCUT2D eigenvalue weighted by atomic mass is 16.5. The van der Waals surface area contributed by atoms with Crippen molar-refractivity contribution in [3.63, 3.8) is 0 Å². The van der Waals surface area contributed by atoms with E-state index in [2.05, 4.69) is 69.3 Å². The third-order valence-corrected chi connectivity index (χ3v) is 9.70. The van der Waals surface area contributed by atoms with Gasteiger partial charge in [-0.2, -0.15) is 0 Å². The van der Waals surface area contributed by atoms with Crippen molar-refractivity contribution in [2.24, 2.45) is 0 Å². The van der Waals surface area contributed by atoms with Gasteiger partial charge in [-0.3, -0.25) is 0 Å². The van der Waals surface area contributed by atoms with E-state index in [1.165, 1.54) is 0 Å². The van der Waals surface area contributed by atoms with Gasteiger partial charge in [-0.05, 0) is 110 Å². The molecule has 47 heavy (non-hydrogen) atoms. The molecule has 1 unspecified atom stereocenters. The van der Waals surface area contributed by atoms with E-state index in [0.717, 1.165) is 61.2 Å². The molecule has 252 valence electrons. The average Bonchev–Trinajstić information content (AvgIpc) is 3.06. The maximum absolute atomic E-state index is 11.3. The second-order valence-electron chi connectivity index (χ2n) is 13.2. The minimum Gasteiger partial charge on any atom is -0.507 e. The summed E-state index contributed by atoms with van der Waals surface area (Å²) in [5.74, 6) is 0.813. The van der Waals surface area contributed by atoms with Crippen molar-refractivity contribution in [1.82, 2.24) is 0 Å². The Morgan fingerprint density at radius 2 is 1.00 bits per heavy atom. The van der Waals surface area contributed by atoms with Crippen molar-refractivity contribution < 1.29 is 29.5 Å². The molecule has 0 heterocycles. The SMILES string of the molecule is CCOCc1cc(C(C)(c2ccc(C(C)(C)c3cc(C)c(O)c(C)c3)cc2)c2cc(CCOC)c(O)c(COCC)c2)cc(C)c1O. The molecule has 0 aliphatic carbocycles. The fraction of sp³-hybridized carbons (Fsp3) is 0.415. The van der Waals surface area contributed by atoms with Crippen LogP contribution in [0.15, 0.2) is 60.7 Å². The second-order valence-corrected chi connectivity index (χ2v) is 13.2. The minimum absolute atomic E-state index is 0.233. The maximum atomic E-state index is 11.3. The van der Waals surface area contributed by atoms with Gasteiger partial charge in [0.15, 0.2) is 0 Å². The lowest BCUT2D eigenvalue weighted by atomic mass is 9.68. The fourth-order valence-corrected chi connectivity index (χ4v) is 6.44. The Bertz CT molecular complexity index is 1640. The quantitative estimate of drug-likeness (QED) is 0.120. The molecule has 4 aromatic rings. The molecular formula is C41H52O6. The van der Waals surface area contributed by atoms with Crippen molar-refractivity contribution in [2.75, 3.05) is 26.9 Å². The van der Waals surface area contributed by atoms with Crippen molar-refractivity contribution in [2.45, 2.75) is 85.9 Å². The van der Waals surface area contributed by atoms with Gasteiger partial charge in [0.1, 0.15) is 17.2 Å². The van der Waals surface area contributed by atoms with Crippen molar-refractivity contribution in [3.05, 3.63) is 122 Å². The Balaban J connectivity index is 1.96. The molecule has 6 nitrogen and oxygen atoms in total. The number of aryl methyl sites for hydroxylation is 3. The van der Waals surface area contributed by atoms with E-state index >= 15 is 0 Å². The van der Waals surface area contributed by atoms with Crippen LogP contribution in [0, 0.1) is 20.8 Å². The number of phenolic OH excluding ortho intramolecular Hbond substituents is 3. The molecule has 1 atom stereocenters. The molecule has 0 saturated heterocycles. The molecular weight excluding hydrogens is 588 g/mol.